The SMILES string of the molecule is CC(C)[C@@H](NC(=O)c1cc(S(=O)(=O)N(C)C)ccc1Cl)C(=O)Nc1ccc(C(C)(C)C)cc1. The van der Waals surface area contributed by atoms with Crippen LogP contribution in [0.3, 0.4) is 0 Å². The number of nitrogens with zero attached hydrogens (tertiary/aromatic N) is 1. The van der Waals surface area contributed by atoms with Crippen LogP contribution in [-0.4, -0.2) is 44.7 Å². The van der Waals surface area contributed by atoms with Crippen molar-refractivity contribution in [3.05, 3.63) is 58.6 Å². The molecule has 0 spiro atoms. The normalized spacial score (nSPS) is 13.2. The number of hydrogen-bond acceptors (Lipinski definition) is 4. The molecule has 9 heteroatoms. The molecule has 1 atom stereocenters. The first-order chi connectivity index (χ1) is 15.1. The highest BCUT2D eigenvalue weighted by Gasteiger charge is 2.27. The van der Waals surface area contributed by atoms with Crippen LogP contribution >= 0.6 is 11.6 Å². The first-order valence-electron chi connectivity index (χ1n) is 10.6. The van der Waals surface area contributed by atoms with E-state index < -0.39 is 22.0 Å². The number of anilines is 1. The van der Waals surface area contributed by atoms with Crippen molar-refractivity contribution in [3.63, 3.8) is 0 Å². The third-order valence-corrected chi connectivity index (χ3v) is 7.36. The van der Waals surface area contributed by atoms with Crippen molar-refractivity contribution in [2.45, 2.75) is 51.0 Å². The Labute approximate surface area is 201 Å². The molecule has 0 saturated carbocycles. The minimum atomic E-state index is -3.75. The molecule has 0 aliphatic rings. The van der Waals surface area contributed by atoms with Gasteiger partial charge in [-0.25, -0.2) is 12.7 Å². The Balaban J connectivity index is 2.24. The van der Waals surface area contributed by atoms with E-state index in [1.54, 1.807) is 0 Å². The Morgan fingerprint density at radius 2 is 1.58 bits per heavy atom. The molecule has 0 aliphatic carbocycles. The smallest absolute Gasteiger partial charge is 0.253 e. The van der Waals surface area contributed by atoms with Gasteiger partial charge < -0.3 is 10.6 Å². The maximum absolute atomic E-state index is 13.0. The Morgan fingerprint density at radius 1 is 1.00 bits per heavy atom. The topological polar surface area (TPSA) is 95.6 Å². The Morgan fingerprint density at radius 3 is 2.06 bits per heavy atom. The zero-order chi connectivity index (χ0) is 25.1. The van der Waals surface area contributed by atoms with Crippen LogP contribution < -0.4 is 10.6 Å². The molecule has 180 valence electrons. The lowest BCUT2D eigenvalue weighted by Gasteiger charge is -2.23. The van der Waals surface area contributed by atoms with Crippen molar-refractivity contribution in [2.24, 2.45) is 5.92 Å². The van der Waals surface area contributed by atoms with Gasteiger partial charge in [-0.05, 0) is 47.2 Å². The summed E-state index contributed by atoms with van der Waals surface area (Å²) in [6.45, 7) is 9.93. The summed E-state index contributed by atoms with van der Waals surface area (Å²) in [7, 11) is -0.951. The molecule has 0 saturated heterocycles. The van der Waals surface area contributed by atoms with E-state index in [0.29, 0.717) is 5.69 Å². The van der Waals surface area contributed by atoms with E-state index in [1.165, 1.54) is 32.3 Å². The average molecular weight is 494 g/mol. The van der Waals surface area contributed by atoms with E-state index in [0.717, 1.165) is 9.87 Å². The van der Waals surface area contributed by atoms with Crippen LogP contribution in [0.2, 0.25) is 5.02 Å². The van der Waals surface area contributed by atoms with Crippen LogP contribution in [0.4, 0.5) is 5.69 Å². The Hall–Kier alpha value is -2.42. The minimum absolute atomic E-state index is 0.00908. The lowest BCUT2D eigenvalue weighted by atomic mass is 9.87. The zero-order valence-corrected chi connectivity index (χ0v) is 21.6. The van der Waals surface area contributed by atoms with Gasteiger partial charge >= 0.3 is 0 Å². The Kier molecular flexibility index (Phi) is 8.32. The molecule has 0 aliphatic heterocycles. The van der Waals surface area contributed by atoms with Gasteiger partial charge in [-0.2, -0.15) is 0 Å². The predicted octanol–water partition coefficient (Wildman–Crippen LogP) is 4.28. The van der Waals surface area contributed by atoms with Gasteiger partial charge in [0.05, 0.1) is 15.5 Å². The maximum Gasteiger partial charge on any atom is 0.253 e. The minimum Gasteiger partial charge on any atom is -0.340 e. The molecule has 2 aromatic carbocycles. The fraction of sp³-hybridized carbons (Fsp3) is 0.417. The molecule has 2 aromatic rings. The van der Waals surface area contributed by atoms with Crippen LogP contribution in [0.25, 0.3) is 0 Å². The van der Waals surface area contributed by atoms with Crippen LogP contribution in [0.5, 0.6) is 0 Å². The molecule has 2 amide bonds. The summed E-state index contributed by atoms with van der Waals surface area (Å²) in [5.41, 5.74) is 1.72. The number of nitrogens with one attached hydrogen (secondary N) is 2. The maximum atomic E-state index is 13.0. The molecule has 33 heavy (non-hydrogen) atoms. The summed E-state index contributed by atoms with van der Waals surface area (Å²) < 4.78 is 25.9. The molecule has 2 N–H and O–H groups in total. The zero-order valence-electron chi connectivity index (χ0n) is 20.1. The molecular weight excluding hydrogens is 462 g/mol. The summed E-state index contributed by atoms with van der Waals surface area (Å²) in [4.78, 5) is 25.8. The highest BCUT2D eigenvalue weighted by molar-refractivity contribution is 7.89. The molecule has 0 fully saturated rings. The average Bonchev–Trinajstić information content (AvgIpc) is 2.71. The number of halogens is 1. The van der Waals surface area contributed by atoms with E-state index in [4.69, 9.17) is 11.6 Å². The largest absolute Gasteiger partial charge is 0.340 e. The third-order valence-electron chi connectivity index (χ3n) is 5.22. The standard InChI is InChI=1S/C24H32ClN3O4S/c1-15(2)21(23(30)26-17-10-8-16(9-11-17)24(3,4)5)27-22(29)19-14-18(12-13-20(19)25)33(31,32)28(6)7/h8-15,21H,1-7H3,(H,26,30)(H,27,29)/t21-/m1/s1. The van der Waals surface area contributed by atoms with Crippen molar-refractivity contribution < 1.29 is 18.0 Å². The van der Waals surface area contributed by atoms with Gasteiger partial charge in [0.25, 0.3) is 5.91 Å². The van der Waals surface area contributed by atoms with Crippen molar-refractivity contribution in [1.29, 1.82) is 0 Å². The number of amides is 2. The van der Waals surface area contributed by atoms with Gasteiger partial charge in [-0.15, -0.1) is 0 Å². The van der Waals surface area contributed by atoms with Gasteiger partial charge in [0, 0.05) is 19.8 Å². The van der Waals surface area contributed by atoms with Crippen molar-refractivity contribution >= 4 is 39.1 Å². The highest BCUT2D eigenvalue weighted by atomic mass is 35.5. The van der Waals surface area contributed by atoms with E-state index in [2.05, 4.69) is 31.4 Å². The van der Waals surface area contributed by atoms with Gasteiger partial charge in [0.2, 0.25) is 15.9 Å². The quantitative estimate of drug-likeness (QED) is 0.601. The summed E-state index contributed by atoms with van der Waals surface area (Å²) in [6, 6.07) is 10.6. The molecule has 0 unspecified atom stereocenters. The summed E-state index contributed by atoms with van der Waals surface area (Å²) in [5, 5.41) is 5.62. The fourth-order valence-electron chi connectivity index (χ4n) is 3.08. The molecule has 2 rings (SSSR count). The number of benzene rings is 2. The monoisotopic (exact) mass is 493 g/mol. The molecule has 0 heterocycles. The third kappa shape index (κ3) is 6.56. The lowest BCUT2D eigenvalue weighted by Crippen LogP contribution is -2.47. The lowest BCUT2D eigenvalue weighted by molar-refractivity contribution is -0.118. The second-order valence-corrected chi connectivity index (χ2v) is 12.0. The first kappa shape index (κ1) is 26.8. The highest BCUT2D eigenvalue weighted by Crippen LogP contribution is 2.24. The van der Waals surface area contributed by atoms with Crippen molar-refractivity contribution in [3.8, 4) is 0 Å². The van der Waals surface area contributed by atoms with Crippen LogP contribution in [0.1, 0.15) is 50.5 Å². The molecular formula is C24H32ClN3O4S. The molecule has 7 nitrogen and oxygen atoms in total. The summed E-state index contributed by atoms with van der Waals surface area (Å²) >= 11 is 6.17. The van der Waals surface area contributed by atoms with E-state index in [1.807, 2.05) is 38.1 Å². The number of carbonyl (C=O) groups is 2. The van der Waals surface area contributed by atoms with E-state index >= 15 is 0 Å². The number of carbonyl (C=O) groups excluding carboxylic acids is 2. The summed E-state index contributed by atoms with van der Waals surface area (Å²) in [5.74, 6) is -1.24. The van der Waals surface area contributed by atoms with Crippen LogP contribution in [0, 0.1) is 5.92 Å². The predicted molar refractivity (Wildman–Crippen MR) is 132 cm³/mol. The van der Waals surface area contributed by atoms with Gasteiger partial charge in [0.15, 0.2) is 0 Å². The Bertz CT molecular complexity index is 1120. The van der Waals surface area contributed by atoms with Crippen molar-refractivity contribution in [2.75, 3.05) is 19.4 Å². The van der Waals surface area contributed by atoms with Crippen LogP contribution in [-0.2, 0) is 20.2 Å². The molecule has 0 aromatic heterocycles. The van der Waals surface area contributed by atoms with E-state index in [9.17, 15) is 18.0 Å². The summed E-state index contributed by atoms with van der Waals surface area (Å²) in [6.07, 6.45) is 0. The second kappa shape index (κ2) is 10.2. The van der Waals surface area contributed by atoms with Gasteiger partial charge in [-0.1, -0.05) is 58.4 Å². The number of sulfonamides is 1. The van der Waals surface area contributed by atoms with Gasteiger partial charge in [0.1, 0.15) is 6.04 Å². The van der Waals surface area contributed by atoms with Crippen molar-refractivity contribution in [1.82, 2.24) is 9.62 Å². The van der Waals surface area contributed by atoms with E-state index in [-0.39, 0.29) is 32.7 Å². The second-order valence-electron chi connectivity index (χ2n) is 9.44. The fourth-order valence-corrected chi connectivity index (χ4v) is 4.21. The van der Waals surface area contributed by atoms with Gasteiger partial charge in [-0.3, -0.25) is 9.59 Å². The van der Waals surface area contributed by atoms with Crippen LogP contribution in [0.15, 0.2) is 47.4 Å². The first-order valence-corrected chi connectivity index (χ1v) is 12.4. The molecule has 0 radical (unpaired) electrons. The number of hydrogen-bond donors (Lipinski definition) is 2. The number of rotatable bonds is 7. The molecule has 0 bridgehead atoms.